The van der Waals surface area contributed by atoms with E-state index >= 15 is 0 Å². The van der Waals surface area contributed by atoms with Gasteiger partial charge in [-0.1, -0.05) is 30.3 Å². The van der Waals surface area contributed by atoms with E-state index in [0.29, 0.717) is 6.29 Å². The van der Waals surface area contributed by atoms with Crippen molar-refractivity contribution >= 4 is 12.4 Å². The van der Waals surface area contributed by atoms with Crippen LogP contribution >= 0.6 is 0 Å². The van der Waals surface area contributed by atoms with E-state index in [0.717, 1.165) is 5.56 Å². The molecule has 8 nitrogen and oxygen atoms in total. The molecular weight excluding hydrogens is 366 g/mol. The summed E-state index contributed by atoms with van der Waals surface area (Å²) in [6.45, 7) is 0.196. The summed E-state index contributed by atoms with van der Waals surface area (Å²) in [6.07, 6.45) is -2.73. The number of aromatic hydroxyl groups is 1. The second-order valence-electron chi connectivity index (χ2n) is 6.07. The lowest BCUT2D eigenvalue weighted by Crippen LogP contribution is -2.29. The number of carbonyl (C=O) groups is 2. The monoisotopic (exact) mass is 389 g/mol. The van der Waals surface area contributed by atoms with Gasteiger partial charge in [-0.05, 0) is 29.7 Å². The fraction of sp³-hybridized carbons (Fsp3) is 0.300. The third kappa shape index (κ3) is 5.70. The molecule has 150 valence electrons. The first kappa shape index (κ1) is 21.2. The fourth-order valence-electron chi connectivity index (χ4n) is 2.54. The average molecular weight is 389 g/mol. The lowest BCUT2D eigenvalue weighted by atomic mass is 9.99. The van der Waals surface area contributed by atoms with E-state index in [1.807, 2.05) is 30.3 Å². The highest BCUT2D eigenvalue weighted by Gasteiger charge is 2.22. The third-order valence-corrected chi connectivity index (χ3v) is 4.10. The van der Waals surface area contributed by atoms with Gasteiger partial charge in [-0.15, -0.1) is 0 Å². The van der Waals surface area contributed by atoms with Gasteiger partial charge in [-0.25, -0.2) is 4.79 Å². The third-order valence-electron chi connectivity index (χ3n) is 4.10. The van der Waals surface area contributed by atoms with Crippen LogP contribution in [0.3, 0.4) is 0 Å². The molecule has 0 heterocycles. The van der Waals surface area contributed by atoms with Crippen molar-refractivity contribution in [2.24, 2.45) is 0 Å². The Balaban J connectivity index is 1.84. The predicted molar refractivity (Wildman–Crippen MR) is 100 cm³/mol. The standard InChI is InChI=1S/C20H23NO7/c1-27-17-10-14(9-15(11-22)19(17)25)18(24)16(23)7-8-21-20(26)28-12-13-5-3-2-4-6-13/h2-6,9-11,16,18,23-25H,7-8,12H2,1H3,(H,21,26). The van der Waals surface area contributed by atoms with Crippen LogP contribution in [0.4, 0.5) is 4.79 Å². The maximum Gasteiger partial charge on any atom is 0.407 e. The molecular formula is C20H23NO7. The van der Waals surface area contributed by atoms with Crippen LogP contribution in [0.2, 0.25) is 0 Å². The Kier molecular flexibility index (Phi) is 7.79. The van der Waals surface area contributed by atoms with Gasteiger partial charge in [0.05, 0.1) is 18.8 Å². The molecule has 2 aromatic carbocycles. The highest BCUT2D eigenvalue weighted by Crippen LogP contribution is 2.33. The molecule has 1 amide bonds. The van der Waals surface area contributed by atoms with Gasteiger partial charge in [0, 0.05) is 6.54 Å². The number of nitrogens with one attached hydrogen (secondary N) is 1. The van der Waals surface area contributed by atoms with Crippen molar-refractivity contribution in [3.8, 4) is 11.5 Å². The number of phenols is 1. The smallest absolute Gasteiger partial charge is 0.407 e. The van der Waals surface area contributed by atoms with Gasteiger partial charge in [-0.3, -0.25) is 4.79 Å². The highest BCUT2D eigenvalue weighted by molar-refractivity contribution is 5.81. The minimum Gasteiger partial charge on any atom is -0.504 e. The molecule has 0 aromatic heterocycles. The van der Waals surface area contributed by atoms with Gasteiger partial charge in [0.1, 0.15) is 12.7 Å². The quantitative estimate of drug-likeness (QED) is 0.483. The number of amides is 1. The van der Waals surface area contributed by atoms with Crippen LogP contribution in [-0.2, 0) is 11.3 Å². The fourth-order valence-corrected chi connectivity index (χ4v) is 2.54. The maximum absolute atomic E-state index is 11.7. The Hall–Kier alpha value is -3.10. The first-order chi connectivity index (χ1) is 13.5. The summed E-state index contributed by atoms with van der Waals surface area (Å²) in [7, 11) is 1.31. The molecule has 0 bridgehead atoms. The zero-order chi connectivity index (χ0) is 20.5. The minimum atomic E-state index is -1.34. The number of carbonyl (C=O) groups excluding carboxylic acids is 2. The number of rotatable bonds is 9. The molecule has 0 aliphatic heterocycles. The highest BCUT2D eigenvalue weighted by atomic mass is 16.5. The number of methoxy groups -OCH3 is 1. The molecule has 4 N–H and O–H groups in total. The predicted octanol–water partition coefficient (Wildman–Crippen LogP) is 1.92. The van der Waals surface area contributed by atoms with Crippen molar-refractivity contribution in [2.75, 3.05) is 13.7 Å². The topological polar surface area (TPSA) is 125 Å². The minimum absolute atomic E-state index is 0.00784. The van der Waals surface area contributed by atoms with Crippen LogP contribution in [0.1, 0.15) is 34.0 Å². The lowest BCUT2D eigenvalue weighted by molar-refractivity contribution is 0.0135. The number of aliphatic hydroxyl groups excluding tert-OH is 2. The van der Waals surface area contributed by atoms with Crippen LogP contribution in [0, 0.1) is 0 Å². The van der Waals surface area contributed by atoms with E-state index in [4.69, 9.17) is 9.47 Å². The summed E-state index contributed by atoms with van der Waals surface area (Å²) >= 11 is 0. The molecule has 0 radical (unpaired) electrons. The number of phenolic OH excluding ortho intramolecular Hbond substituents is 1. The first-order valence-corrected chi connectivity index (χ1v) is 8.63. The largest absolute Gasteiger partial charge is 0.504 e. The molecule has 0 saturated heterocycles. The molecule has 0 fully saturated rings. The molecule has 0 saturated carbocycles. The second kappa shape index (κ2) is 10.3. The van der Waals surface area contributed by atoms with Crippen molar-refractivity contribution in [2.45, 2.75) is 25.2 Å². The van der Waals surface area contributed by atoms with Gasteiger partial charge in [0.25, 0.3) is 0 Å². The summed E-state index contributed by atoms with van der Waals surface area (Å²) in [5.74, 6) is -0.334. The summed E-state index contributed by atoms with van der Waals surface area (Å²) < 4.78 is 10.0. The van der Waals surface area contributed by atoms with Gasteiger partial charge in [0.2, 0.25) is 0 Å². The van der Waals surface area contributed by atoms with Crippen molar-refractivity contribution in [1.29, 1.82) is 0 Å². The molecule has 2 rings (SSSR count). The van der Waals surface area contributed by atoms with Gasteiger partial charge >= 0.3 is 6.09 Å². The average Bonchev–Trinajstić information content (AvgIpc) is 2.72. The Morgan fingerprint density at radius 2 is 1.93 bits per heavy atom. The van der Waals surface area contributed by atoms with Crippen LogP contribution in [-0.4, -0.2) is 47.5 Å². The molecule has 8 heteroatoms. The lowest BCUT2D eigenvalue weighted by Gasteiger charge is -2.20. The second-order valence-corrected chi connectivity index (χ2v) is 6.07. The molecule has 0 aliphatic carbocycles. The molecule has 2 aromatic rings. The van der Waals surface area contributed by atoms with Crippen molar-refractivity contribution < 1.29 is 34.4 Å². The number of alkyl carbamates (subject to hydrolysis) is 1. The number of benzene rings is 2. The SMILES string of the molecule is COc1cc(C(O)C(O)CCNC(=O)OCc2ccccc2)cc(C=O)c1O. The number of ether oxygens (including phenoxy) is 2. The van der Waals surface area contributed by atoms with E-state index in [9.17, 15) is 24.9 Å². The van der Waals surface area contributed by atoms with Crippen molar-refractivity contribution in [3.05, 3.63) is 59.2 Å². The van der Waals surface area contributed by atoms with E-state index in [2.05, 4.69) is 5.32 Å². The van der Waals surface area contributed by atoms with E-state index in [1.54, 1.807) is 0 Å². The summed E-state index contributed by atoms with van der Waals surface area (Å²) in [6, 6.07) is 11.8. The first-order valence-electron chi connectivity index (χ1n) is 8.63. The van der Waals surface area contributed by atoms with Crippen molar-refractivity contribution in [1.82, 2.24) is 5.32 Å². The van der Waals surface area contributed by atoms with E-state index < -0.39 is 18.3 Å². The number of aldehydes is 1. The molecule has 0 aliphatic rings. The van der Waals surface area contributed by atoms with Gasteiger partial charge in [-0.2, -0.15) is 0 Å². The van der Waals surface area contributed by atoms with Gasteiger partial charge in [0.15, 0.2) is 17.8 Å². The molecule has 28 heavy (non-hydrogen) atoms. The van der Waals surface area contributed by atoms with E-state index in [1.165, 1.54) is 19.2 Å². The number of hydrogen-bond acceptors (Lipinski definition) is 7. The van der Waals surface area contributed by atoms with Crippen LogP contribution in [0.5, 0.6) is 11.5 Å². The zero-order valence-corrected chi connectivity index (χ0v) is 15.4. The Morgan fingerprint density at radius 1 is 1.21 bits per heavy atom. The molecule has 0 spiro atoms. The van der Waals surface area contributed by atoms with Crippen LogP contribution in [0.25, 0.3) is 0 Å². The Bertz CT molecular complexity index is 795. The zero-order valence-electron chi connectivity index (χ0n) is 15.4. The molecule has 2 unspecified atom stereocenters. The van der Waals surface area contributed by atoms with Crippen molar-refractivity contribution in [3.63, 3.8) is 0 Å². The molecule has 2 atom stereocenters. The Morgan fingerprint density at radius 3 is 2.57 bits per heavy atom. The summed E-state index contributed by atoms with van der Waals surface area (Å²) in [5, 5.41) is 32.7. The summed E-state index contributed by atoms with van der Waals surface area (Å²) in [5.41, 5.74) is 0.986. The van der Waals surface area contributed by atoms with Crippen LogP contribution in [0.15, 0.2) is 42.5 Å². The summed E-state index contributed by atoms with van der Waals surface area (Å²) in [4.78, 5) is 22.7. The normalized spacial score (nSPS) is 12.7. The number of aliphatic hydroxyl groups is 2. The van der Waals surface area contributed by atoms with Crippen LogP contribution < -0.4 is 10.1 Å². The maximum atomic E-state index is 11.7. The Labute approximate surface area is 162 Å². The number of hydrogen-bond donors (Lipinski definition) is 4. The van der Waals surface area contributed by atoms with Gasteiger partial charge < -0.3 is 30.1 Å². The van der Waals surface area contributed by atoms with E-state index in [-0.39, 0.29) is 42.2 Å².